The lowest BCUT2D eigenvalue weighted by molar-refractivity contribution is -0.621. The Kier molecular flexibility index (Phi) is 9.49. The van der Waals surface area contributed by atoms with Crippen molar-refractivity contribution in [1.82, 2.24) is 0 Å². The van der Waals surface area contributed by atoms with Gasteiger partial charge in [-0.25, -0.2) is 0 Å². The van der Waals surface area contributed by atoms with Crippen LogP contribution in [0.25, 0.3) is 0 Å². The minimum Gasteiger partial charge on any atom is -0.299 e. The van der Waals surface area contributed by atoms with E-state index in [0.29, 0.717) is 6.42 Å². The first-order chi connectivity index (χ1) is 9.81. The second-order valence-corrected chi connectivity index (χ2v) is 5.83. The quantitative estimate of drug-likeness (QED) is 0.294. The summed E-state index contributed by atoms with van der Waals surface area (Å²) in [5, 5.41) is 21.4. The summed E-state index contributed by atoms with van der Waals surface area (Å²) in [7, 11) is 0. The molecule has 0 amide bonds. The largest absolute Gasteiger partial charge is 0.299 e. The topological polar surface area (TPSA) is 103 Å². The van der Waals surface area contributed by atoms with Crippen LogP contribution >= 0.6 is 0 Å². The van der Waals surface area contributed by atoms with E-state index in [9.17, 15) is 25.0 Å². The molecule has 21 heavy (non-hydrogen) atoms. The third-order valence-electron chi connectivity index (χ3n) is 3.55. The molecule has 0 radical (unpaired) electrons. The van der Waals surface area contributed by atoms with Crippen molar-refractivity contribution >= 4 is 5.78 Å². The second kappa shape index (κ2) is 10.2. The smallest absolute Gasteiger partial charge is 0.289 e. The van der Waals surface area contributed by atoms with E-state index in [1.165, 1.54) is 26.2 Å². The van der Waals surface area contributed by atoms with Gasteiger partial charge in [0.25, 0.3) is 12.1 Å². The van der Waals surface area contributed by atoms with Crippen LogP contribution in [0.15, 0.2) is 0 Å². The fourth-order valence-electron chi connectivity index (χ4n) is 2.25. The van der Waals surface area contributed by atoms with Gasteiger partial charge in [0.15, 0.2) is 0 Å². The lowest BCUT2D eigenvalue weighted by Crippen LogP contribution is -2.43. The molecule has 0 spiro atoms. The Morgan fingerprint density at radius 2 is 1.52 bits per heavy atom. The van der Waals surface area contributed by atoms with Crippen molar-refractivity contribution in [3.05, 3.63) is 20.2 Å². The fraction of sp³-hybridized carbons (Fsp3) is 0.929. The summed E-state index contributed by atoms with van der Waals surface area (Å²) in [4.78, 5) is 31.7. The monoisotopic (exact) mass is 302 g/mol. The average molecular weight is 302 g/mol. The molecule has 7 heteroatoms. The molecule has 122 valence electrons. The molecule has 0 N–H and O–H groups in total. The summed E-state index contributed by atoms with van der Waals surface area (Å²) in [6.45, 7) is 2.50. The van der Waals surface area contributed by atoms with Gasteiger partial charge in [-0.15, -0.1) is 0 Å². The molecular formula is C14H26N2O5. The Balaban J connectivity index is 4.00. The van der Waals surface area contributed by atoms with Crippen LogP contribution in [0.5, 0.6) is 0 Å². The van der Waals surface area contributed by atoms with E-state index in [1.807, 2.05) is 0 Å². The van der Waals surface area contributed by atoms with Gasteiger partial charge in [-0.1, -0.05) is 45.4 Å². The standard InChI is InChI=1S/C14H26N2O5/c1-3-4-5-6-7-8-9-10-13(17)11-14(2,16(20)21)12-15(18)19/h3-12H2,1-2H3. The minimum atomic E-state index is -1.79. The minimum absolute atomic E-state index is 0.260. The number of ketones is 1. The normalized spacial score (nSPS) is 13.6. The average Bonchev–Trinajstić information content (AvgIpc) is 2.36. The van der Waals surface area contributed by atoms with E-state index in [-0.39, 0.29) is 18.6 Å². The number of carbonyl (C=O) groups excluding carboxylic acids is 1. The summed E-state index contributed by atoms with van der Waals surface area (Å²) in [6.07, 6.45) is 7.37. The Morgan fingerprint density at radius 3 is 2.00 bits per heavy atom. The van der Waals surface area contributed by atoms with Crippen molar-refractivity contribution in [2.75, 3.05) is 6.54 Å². The Bertz CT molecular complexity index is 359. The number of carbonyl (C=O) groups is 1. The molecule has 0 aromatic rings. The van der Waals surface area contributed by atoms with Crippen molar-refractivity contribution < 1.29 is 14.6 Å². The number of hydrogen-bond donors (Lipinski definition) is 0. The number of rotatable bonds is 13. The third-order valence-corrected chi connectivity index (χ3v) is 3.55. The summed E-state index contributed by atoms with van der Waals surface area (Å²) in [5.41, 5.74) is -1.79. The summed E-state index contributed by atoms with van der Waals surface area (Å²) >= 11 is 0. The van der Waals surface area contributed by atoms with Gasteiger partial charge in [-0.2, -0.15) is 0 Å². The van der Waals surface area contributed by atoms with E-state index < -0.39 is 21.9 Å². The molecule has 0 saturated carbocycles. The van der Waals surface area contributed by atoms with Gasteiger partial charge in [0, 0.05) is 23.2 Å². The van der Waals surface area contributed by atoms with Gasteiger partial charge in [0.2, 0.25) is 0 Å². The highest BCUT2D eigenvalue weighted by atomic mass is 16.6. The molecule has 7 nitrogen and oxygen atoms in total. The number of nitrogens with zero attached hydrogens (tertiary/aromatic N) is 2. The van der Waals surface area contributed by atoms with Gasteiger partial charge >= 0.3 is 0 Å². The molecule has 0 aromatic heterocycles. The maximum Gasteiger partial charge on any atom is 0.289 e. The molecule has 0 rings (SSSR count). The predicted molar refractivity (Wildman–Crippen MR) is 79.5 cm³/mol. The first-order valence-electron chi connectivity index (χ1n) is 7.60. The summed E-state index contributed by atoms with van der Waals surface area (Å²) in [6, 6.07) is 0. The molecule has 0 fully saturated rings. The zero-order valence-electron chi connectivity index (χ0n) is 13.0. The van der Waals surface area contributed by atoms with Crippen molar-refractivity contribution in [2.24, 2.45) is 0 Å². The zero-order chi connectivity index (χ0) is 16.3. The maximum absolute atomic E-state index is 11.8. The maximum atomic E-state index is 11.8. The second-order valence-electron chi connectivity index (χ2n) is 5.83. The molecule has 0 saturated heterocycles. The van der Waals surface area contributed by atoms with Crippen molar-refractivity contribution in [3.63, 3.8) is 0 Å². The first kappa shape index (κ1) is 19.5. The van der Waals surface area contributed by atoms with Crippen molar-refractivity contribution in [2.45, 2.75) is 77.2 Å². The molecule has 0 aliphatic carbocycles. The van der Waals surface area contributed by atoms with Crippen LogP contribution in [-0.4, -0.2) is 27.7 Å². The van der Waals surface area contributed by atoms with E-state index in [2.05, 4.69) is 6.92 Å². The van der Waals surface area contributed by atoms with Gasteiger partial charge in [-0.3, -0.25) is 25.0 Å². The molecule has 0 heterocycles. The number of hydrogen-bond acceptors (Lipinski definition) is 5. The van der Waals surface area contributed by atoms with E-state index in [1.54, 1.807) is 0 Å². The molecule has 0 bridgehead atoms. The van der Waals surface area contributed by atoms with Crippen LogP contribution in [0.1, 0.15) is 71.6 Å². The lowest BCUT2D eigenvalue weighted by Gasteiger charge is -2.15. The molecule has 0 aliphatic rings. The first-order valence-corrected chi connectivity index (χ1v) is 7.60. The third kappa shape index (κ3) is 9.10. The SMILES string of the molecule is CCCCCCCCCC(=O)CC(C)(C[N+](=O)[O-])[N+](=O)[O-]. The molecule has 0 aliphatic heterocycles. The number of Topliss-reactive ketones (excluding diaryl/α,β-unsaturated/α-hetero) is 1. The Morgan fingerprint density at radius 1 is 1.00 bits per heavy atom. The van der Waals surface area contributed by atoms with Crippen LogP contribution in [0, 0.1) is 20.2 Å². The van der Waals surface area contributed by atoms with Crippen molar-refractivity contribution in [3.8, 4) is 0 Å². The Hall–Kier alpha value is -1.53. The van der Waals surface area contributed by atoms with Crippen molar-refractivity contribution in [1.29, 1.82) is 0 Å². The molecule has 1 unspecified atom stereocenters. The number of nitro groups is 2. The zero-order valence-corrected chi connectivity index (χ0v) is 13.0. The van der Waals surface area contributed by atoms with Gasteiger partial charge < -0.3 is 0 Å². The van der Waals surface area contributed by atoms with E-state index in [4.69, 9.17) is 0 Å². The van der Waals surface area contributed by atoms with Crippen LogP contribution in [0.4, 0.5) is 0 Å². The highest BCUT2D eigenvalue weighted by Gasteiger charge is 2.44. The van der Waals surface area contributed by atoms with E-state index in [0.717, 1.165) is 19.3 Å². The van der Waals surface area contributed by atoms with E-state index >= 15 is 0 Å². The Labute approximate surface area is 125 Å². The van der Waals surface area contributed by atoms with Gasteiger partial charge in [0.1, 0.15) is 5.78 Å². The van der Waals surface area contributed by atoms with Gasteiger partial charge in [0.05, 0.1) is 6.42 Å². The summed E-state index contributed by atoms with van der Waals surface area (Å²) in [5.74, 6) is -0.260. The lowest BCUT2D eigenvalue weighted by atomic mass is 9.93. The molecule has 0 aromatic carbocycles. The summed E-state index contributed by atoms with van der Waals surface area (Å²) < 4.78 is 0. The van der Waals surface area contributed by atoms with Crippen LogP contribution in [-0.2, 0) is 4.79 Å². The highest BCUT2D eigenvalue weighted by Crippen LogP contribution is 2.18. The van der Waals surface area contributed by atoms with Gasteiger partial charge in [-0.05, 0) is 6.42 Å². The van der Waals surface area contributed by atoms with Crippen LogP contribution in [0.2, 0.25) is 0 Å². The van der Waals surface area contributed by atoms with Crippen LogP contribution in [0.3, 0.4) is 0 Å². The number of unbranched alkanes of at least 4 members (excludes halogenated alkanes) is 6. The highest BCUT2D eigenvalue weighted by molar-refractivity contribution is 5.79. The fourth-order valence-corrected chi connectivity index (χ4v) is 2.25. The molecule has 1 atom stereocenters. The van der Waals surface area contributed by atoms with Crippen LogP contribution < -0.4 is 0 Å². The predicted octanol–water partition coefficient (Wildman–Crippen LogP) is 3.40. The molecular weight excluding hydrogens is 276 g/mol.